The maximum atomic E-state index is 3.93. The highest BCUT2D eigenvalue weighted by Gasteiger charge is 1.99. The van der Waals surface area contributed by atoms with Crippen LogP contribution in [0.25, 0.3) is 0 Å². The van der Waals surface area contributed by atoms with Crippen molar-refractivity contribution in [1.82, 2.24) is 10.2 Å². The maximum Gasteiger partial charge on any atom is 0.205 e. The molecule has 4 nitrogen and oxygen atoms in total. The molecule has 1 heterocycles. The molecule has 0 radical (unpaired) electrons. The topological polar surface area (TPSA) is 41.0 Å². The lowest BCUT2D eigenvalue weighted by Crippen LogP contribution is -2.20. The second-order valence-corrected chi connectivity index (χ2v) is 4.61. The molecule has 5 heteroatoms. The summed E-state index contributed by atoms with van der Waals surface area (Å²) in [7, 11) is 2.11. The van der Waals surface area contributed by atoms with E-state index in [1.54, 1.807) is 5.51 Å². The van der Waals surface area contributed by atoms with Gasteiger partial charge in [0.25, 0.3) is 0 Å². The van der Waals surface area contributed by atoms with E-state index in [1.807, 2.05) is 6.07 Å². The van der Waals surface area contributed by atoms with Gasteiger partial charge in [0.2, 0.25) is 5.13 Å². The highest BCUT2D eigenvalue weighted by atomic mass is 32.1. The van der Waals surface area contributed by atoms with Gasteiger partial charge < -0.3 is 10.2 Å². The second kappa shape index (κ2) is 6.20. The largest absolute Gasteiger partial charge is 0.375 e. The van der Waals surface area contributed by atoms with Crippen molar-refractivity contribution < 1.29 is 0 Å². The Bertz CT molecular complexity index is 415. The van der Waals surface area contributed by atoms with E-state index in [0.29, 0.717) is 0 Å². The minimum Gasteiger partial charge on any atom is -0.375 e. The van der Waals surface area contributed by atoms with Gasteiger partial charge in [-0.05, 0) is 18.6 Å². The molecule has 1 aromatic heterocycles. The summed E-state index contributed by atoms with van der Waals surface area (Å²) in [6.07, 6.45) is 1.07. The van der Waals surface area contributed by atoms with Gasteiger partial charge in [0.1, 0.15) is 5.51 Å². The van der Waals surface area contributed by atoms with Gasteiger partial charge in [-0.25, -0.2) is 0 Å². The van der Waals surface area contributed by atoms with E-state index in [9.17, 15) is 0 Å². The monoisotopic (exact) mass is 248 g/mol. The summed E-state index contributed by atoms with van der Waals surface area (Å²) < 4.78 is 0. The van der Waals surface area contributed by atoms with Crippen LogP contribution in [-0.4, -0.2) is 30.3 Å². The molecule has 0 saturated heterocycles. The van der Waals surface area contributed by atoms with Crippen LogP contribution in [0.1, 0.15) is 6.42 Å². The number of aromatic nitrogens is 2. The zero-order chi connectivity index (χ0) is 11.9. The van der Waals surface area contributed by atoms with Gasteiger partial charge >= 0.3 is 0 Å². The van der Waals surface area contributed by atoms with Crippen LogP contribution in [0.2, 0.25) is 0 Å². The van der Waals surface area contributed by atoms with Crippen LogP contribution in [0.5, 0.6) is 0 Å². The maximum absolute atomic E-state index is 3.93. The third-order valence-electron chi connectivity index (χ3n) is 2.50. The van der Waals surface area contributed by atoms with Crippen LogP contribution in [0, 0.1) is 0 Å². The number of anilines is 2. The molecule has 0 unspecified atom stereocenters. The first-order valence-corrected chi connectivity index (χ1v) is 6.50. The summed E-state index contributed by atoms with van der Waals surface area (Å²) >= 11 is 1.53. The molecule has 0 fully saturated rings. The number of hydrogen-bond acceptors (Lipinski definition) is 5. The van der Waals surface area contributed by atoms with Crippen LogP contribution in [0.4, 0.5) is 10.8 Å². The van der Waals surface area contributed by atoms with Crippen LogP contribution in [0.3, 0.4) is 0 Å². The summed E-state index contributed by atoms with van der Waals surface area (Å²) in [6, 6.07) is 10.4. The smallest absolute Gasteiger partial charge is 0.205 e. The highest BCUT2D eigenvalue weighted by Crippen LogP contribution is 2.11. The van der Waals surface area contributed by atoms with Crippen LogP contribution in [-0.2, 0) is 0 Å². The van der Waals surface area contributed by atoms with Crippen molar-refractivity contribution in [2.75, 3.05) is 30.4 Å². The average molecular weight is 248 g/mol. The van der Waals surface area contributed by atoms with Gasteiger partial charge in [-0.1, -0.05) is 29.5 Å². The molecule has 2 rings (SSSR count). The Kier molecular flexibility index (Phi) is 4.32. The second-order valence-electron chi connectivity index (χ2n) is 3.78. The van der Waals surface area contributed by atoms with Gasteiger partial charge in [0.15, 0.2) is 0 Å². The van der Waals surface area contributed by atoms with Crippen molar-refractivity contribution in [3.8, 4) is 0 Å². The predicted octanol–water partition coefficient (Wildman–Crippen LogP) is 2.48. The SMILES string of the molecule is CN(CCCNc1nncs1)c1ccccc1. The lowest BCUT2D eigenvalue weighted by atomic mass is 10.3. The Morgan fingerprint density at radius 2 is 2.12 bits per heavy atom. The van der Waals surface area contributed by atoms with Gasteiger partial charge in [0.05, 0.1) is 0 Å². The van der Waals surface area contributed by atoms with Crippen molar-refractivity contribution >= 4 is 22.2 Å². The fourth-order valence-corrected chi connectivity index (χ4v) is 2.05. The van der Waals surface area contributed by atoms with Crippen molar-refractivity contribution in [3.63, 3.8) is 0 Å². The first-order chi connectivity index (χ1) is 8.36. The summed E-state index contributed by atoms with van der Waals surface area (Å²) in [5.41, 5.74) is 2.99. The lowest BCUT2D eigenvalue weighted by molar-refractivity contribution is 0.814. The van der Waals surface area contributed by atoms with Crippen LogP contribution < -0.4 is 10.2 Å². The standard InChI is InChI=1S/C12H16N4S/c1-16(11-6-3-2-4-7-11)9-5-8-13-12-15-14-10-17-12/h2-4,6-7,10H,5,8-9H2,1H3,(H,13,15). The molecule has 0 amide bonds. The molecule has 0 spiro atoms. The van der Waals surface area contributed by atoms with E-state index in [0.717, 1.165) is 24.6 Å². The molecule has 0 bridgehead atoms. The summed E-state index contributed by atoms with van der Waals surface area (Å²) in [5.74, 6) is 0. The minimum absolute atomic E-state index is 0.896. The number of rotatable bonds is 6. The number of para-hydroxylation sites is 1. The van der Waals surface area contributed by atoms with E-state index in [-0.39, 0.29) is 0 Å². The predicted molar refractivity (Wildman–Crippen MR) is 72.7 cm³/mol. The number of nitrogens with zero attached hydrogens (tertiary/aromatic N) is 3. The fraction of sp³-hybridized carbons (Fsp3) is 0.333. The van der Waals surface area contributed by atoms with Crippen molar-refractivity contribution in [3.05, 3.63) is 35.8 Å². The third kappa shape index (κ3) is 3.71. The molecule has 0 atom stereocenters. The van der Waals surface area contributed by atoms with Crippen molar-refractivity contribution in [1.29, 1.82) is 0 Å². The summed E-state index contributed by atoms with van der Waals surface area (Å²) in [5, 5.41) is 11.9. The Balaban J connectivity index is 1.68. The van der Waals surface area contributed by atoms with Gasteiger partial charge in [0, 0.05) is 25.8 Å². The van der Waals surface area contributed by atoms with Crippen molar-refractivity contribution in [2.45, 2.75) is 6.42 Å². The van der Waals surface area contributed by atoms with Gasteiger partial charge in [-0.15, -0.1) is 10.2 Å². The van der Waals surface area contributed by atoms with Crippen molar-refractivity contribution in [2.24, 2.45) is 0 Å². The van der Waals surface area contributed by atoms with Crippen LogP contribution in [0.15, 0.2) is 35.8 Å². The molecule has 2 aromatic rings. The zero-order valence-electron chi connectivity index (χ0n) is 9.84. The van der Waals surface area contributed by atoms with E-state index in [2.05, 4.69) is 51.7 Å². The summed E-state index contributed by atoms with van der Waals surface area (Å²) in [4.78, 5) is 2.25. The van der Waals surface area contributed by atoms with Gasteiger partial charge in [-0.3, -0.25) is 0 Å². The molecule has 0 aliphatic rings. The zero-order valence-corrected chi connectivity index (χ0v) is 10.7. The molecular weight excluding hydrogens is 232 g/mol. The molecule has 1 N–H and O–H groups in total. The van der Waals surface area contributed by atoms with E-state index < -0.39 is 0 Å². The lowest BCUT2D eigenvalue weighted by Gasteiger charge is -2.18. The molecule has 90 valence electrons. The first-order valence-electron chi connectivity index (χ1n) is 5.62. The molecule has 0 aliphatic heterocycles. The molecule has 1 aromatic carbocycles. The Labute approximate surface area is 105 Å². The van der Waals surface area contributed by atoms with E-state index in [4.69, 9.17) is 0 Å². The van der Waals surface area contributed by atoms with Gasteiger partial charge in [-0.2, -0.15) is 0 Å². The minimum atomic E-state index is 0.896. The van der Waals surface area contributed by atoms with E-state index in [1.165, 1.54) is 17.0 Å². The van der Waals surface area contributed by atoms with E-state index >= 15 is 0 Å². The fourth-order valence-electron chi connectivity index (χ4n) is 1.57. The Morgan fingerprint density at radius 3 is 2.82 bits per heavy atom. The van der Waals surface area contributed by atoms with Crippen LogP contribution >= 0.6 is 11.3 Å². The molecular formula is C12H16N4S. The normalized spacial score (nSPS) is 10.2. The molecule has 17 heavy (non-hydrogen) atoms. The average Bonchev–Trinajstić information content (AvgIpc) is 2.88. The number of nitrogens with one attached hydrogen (secondary N) is 1. The number of benzene rings is 1. The Morgan fingerprint density at radius 1 is 1.29 bits per heavy atom. The third-order valence-corrected chi connectivity index (χ3v) is 3.15. The summed E-state index contributed by atoms with van der Waals surface area (Å²) in [6.45, 7) is 1.95. The molecule has 0 saturated carbocycles. The Hall–Kier alpha value is -1.62. The highest BCUT2D eigenvalue weighted by molar-refractivity contribution is 7.13. The number of hydrogen-bond donors (Lipinski definition) is 1. The first kappa shape index (κ1) is 11.9. The molecule has 0 aliphatic carbocycles. The quantitative estimate of drug-likeness (QED) is 0.797.